The third-order valence-corrected chi connectivity index (χ3v) is 3.45. The van der Waals surface area contributed by atoms with E-state index >= 15 is 0 Å². The van der Waals surface area contributed by atoms with Gasteiger partial charge in [-0.05, 0) is 32.9 Å². The van der Waals surface area contributed by atoms with Crippen LogP contribution in [0.2, 0.25) is 0 Å². The average Bonchev–Trinajstić information content (AvgIpc) is 2.16. The van der Waals surface area contributed by atoms with Crippen molar-refractivity contribution in [1.82, 2.24) is 4.90 Å². The quantitative estimate of drug-likeness (QED) is 0.788. The third-order valence-electron chi connectivity index (χ3n) is 3.45. The van der Waals surface area contributed by atoms with Crippen LogP contribution in [-0.2, 0) is 0 Å². The van der Waals surface area contributed by atoms with Crippen molar-refractivity contribution in [2.24, 2.45) is 5.92 Å². The standard InChI is InChI=1S/C14H23N3/c1-14(2,3)17-9-11(10-17)8-16-13-7-5-4-6-12(13)15/h4-7,11,16H,8-10,15H2,1-3H3. The molecule has 1 fully saturated rings. The number of rotatable bonds is 3. The van der Waals surface area contributed by atoms with Gasteiger partial charge in [-0.25, -0.2) is 0 Å². The summed E-state index contributed by atoms with van der Waals surface area (Å²) in [6.07, 6.45) is 0. The first-order valence-corrected chi connectivity index (χ1v) is 6.30. The van der Waals surface area contributed by atoms with Gasteiger partial charge in [0.2, 0.25) is 0 Å². The van der Waals surface area contributed by atoms with E-state index in [0.29, 0.717) is 5.54 Å². The molecule has 2 rings (SSSR count). The highest BCUT2D eigenvalue weighted by Crippen LogP contribution is 2.26. The Morgan fingerprint density at radius 2 is 1.94 bits per heavy atom. The van der Waals surface area contributed by atoms with E-state index in [1.807, 2.05) is 24.3 Å². The zero-order valence-electron chi connectivity index (χ0n) is 11.0. The van der Waals surface area contributed by atoms with E-state index in [4.69, 9.17) is 5.73 Å². The van der Waals surface area contributed by atoms with Crippen LogP contribution in [-0.4, -0.2) is 30.1 Å². The van der Waals surface area contributed by atoms with Gasteiger partial charge in [-0.15, -0.1) is 0 Å². The molecule has 3 heteroatoms. The minimum Gasteiger partial charge on any atom is -0.397 e. The number of anilines is 2. The molecule has 1 aromatic rings. The van der Waals surface area contributed by atoms with Crippen LogP contribution in [0.25, 0.3) is 0 Å². The molecule has 17 heavy (non-hydrogen) atoms. The topological polar surface area (TPSA) is 41.3 Å². The fourth-order valence-electron chi connectivity index (χ4n) is 2.16. The van der Waals surface area contributed by atoms with Gasteiger partial charge in [0.05, 0.1) is 11.4 Å². The molecule has 1 saturated heterocycles. The Labute approximate surface area is 104 Å². The summed E-state index contributed by atoms with van der Waals surface area (Å²) >= 11 is 0. The Morgan fingerprint density at radius 1 is 1.29 bits per heavy atom. The first kappa shape index (κ1) is 12.2. The predicted octanol–water partition coefficient (Wildman–Crippen LogP) is 2.41. The summed E-state index contributed by atoms with van der Waals surface area (Å²) in [7, 11) is 0. The predicted molar refractivity (Wildman–Crippen MR) is 74.2 cm³/mol. The minimum absolute atomic E-state index is 0.308. The van der Waals surface area contributed by atoms with Crippen molar-refractivity contribution in [3.8, 4) is 0 Å². The minimum atomic E-state index is 0.308. The molecule has 0 aliphatic carbocycles. The molecule has 3 N–H and O–H groups in total. The van der Waals surface area contributed by atoms with Crippen molar-refractivity contribution in [3.05, 3.63) is 24.3 Å². The van der Waals surface area contributed by atoms with E-state index in [1.165, 1.54) is 13.1 Å². The van der Waals surface area contributed by atoms with Crippen LogP contribution in [0.5, 0.6) is 0 Å². The Balaban J connectivity index is 1.77. The van der Waals surface area contributed by atoms with Crippen LogP contribution in [0.1, 0.15) is 20.8 Å². The molecule has 1 aliphatic heterocycles. The molecule has 0 aromatic heterocycles. The van der Waals surface area contributed by atoms with Crippen molar-refractivity contribution in [1.29, 1.82) is 0 Å². The number of nitrogens with two attached hydrogens (primary N) is 1. The highest BCUT2D eigenvalue weighted by molar-refractivity contribution is 5.65. The molecule has 0 amide bonds. The molecule has 0 atom stereocenters. The van der Waals surface area contributed by atoms with Gasteiger partial charge in [0.15, 0.2) is 0 Å². The van der Waals surface area contributed by atoms with Crippen LogP contribution in [0.15, 0.2) is 24.3 Å². The maximum absolute atomic E-state index is 5.89. The molecule has 0 spiro atoms. The molecule has 1 aliphatic rings. The first-order chi connectivity index (χ1) is 7.97. The number of nitrogens with zero attached hydrogens (tertiary/aromatic N) is 1. The van der Waals surface area contributed by atoms with Crippen molar-refractivity contribution < 1.29 is 0 Å². The molecule has 3 nitrogen and oxygen atoms in total. The summed E-state index contributed by atoms with van der Waals surface area (Å²) in [5.41, 5.74) is 8.09. The van der Waals surface area contributed by atoms with Crippen molar-refractivity contribution >= 4 is 11.4 Å². The lowest BCUT2D eigenvalue weighted by atomic mass is 9.92. The summed E-state index contributed by atoms with van der Waals surface area (Å²) in [6, 6.07) is 7.95. The van der Waals surface area contributed by atoms with Crippen molar-refractivity contribution in [3.63, 3.8) is 0 Å². The molecule has 94 valence electrons. The fraction of sp³-hybridized carbons (Fsp3) is 0.571. The number of hydrogen-bond donors (Lipinski definition) is 2. The SMILES string of the molecule is CC(C)(C)N1CC(CNc2ccccc2N)C1. The van der Waals surface area contributed by atoms with Gasteiger partial charge >= 0.3 is 0 Å². The monoisotopic (exact) mass is 233 g/mol. The van der Waals surface area contributed by atoms with Crippen LogP contribution >= 0.6 is 0 Å². The molecule has 0 bridgehead atoms. The fourth-order valence-corrected chi connectivity index (χ4v) is 2.16. The number of benzene rings is 1. The summed E-state index contributed by atoms with van der Waals surface area (Å²) in [5.74, 6) is 0.744. The number of nitrogen functional groups attached to an aromatic ring is 1. The molecule has 1 aromatic carbocycles. The summed E-state index contributed by atoms with van der Waals surface area (Å²) in [4.78, 5) is 2.51. The van der Waals surface area contributed by atoms with Crippen molar-refractivity contribution in [2.45, 2.75) is 26.3 Å². The maximum atomic E-state index is 5.89. The van der Waals surface area contributed by atoms with Crippen molar-refractivity contribution in [2.75, 3.05) is 30.7 Å². The number of hydrogen-bond acceptors (Lipinski definition) is 3. The first-order valence-electron chi connectivity index (χ1n) is 6.30. The van der Waals surface area contributed by atoms with E-state index in [1.54, 1.807) is 0 Å². The van der Waals surface area contributed by atoms with Gasteiger partial charge in [0.25, 0.3) is 0 Å². The van der Waals surface area contributed by atoms with E-state index in [2.05, 4.69) is 31.0 Å². The molecule has 0 saturated carbocycles. The third kappa shape index (κ3) is 2.91. The van der Waals surface area contributed by atoms with E-state index in [-0.39, 0.29) is 0 Å². The maximum Gasteiger partial charge on any atom is 0.0574 e. The Bertz CT molecular complexity index is 375. The number of likely N-dealkylation sites (tertiary alicyclic amines) is 1. The normalized spacial score (nSPS) is 17.8. The summed E-state index contributed by atoms with van der Waals surface area (Å²) in [5, 5.41) is 3.44. The van der Waals surface area contributed by atoms with E-state index < -0.39 is 0 Å². The Hall–Kier alpha value is -1.22. The molecule has 0 radical (unpaired) electrons. The lowest BCUT2D eigenvalue weighted by Crippen LogP contribution is -2.57. The van der Waals surface area contributed by atoms with Crippen LogP contribution in [0.3, 0.4) is 0 Å². The highest BCUT2D eigenvalue weighted by Gasteiger charge is 2.33. The number of nitrogens with one attached hydrogen (secondary N) is 1. The summed E-state index contributed by atoms with van der Waals surface area (Å²) < 4.78 is 0. The lowest BCUT2D eigenvalue weighted by molar-refractivity contribution is 0.0200. The van der Waals surface area contributed by atoms with Crippen LogP contribution < -0.4 is 11.1 Å². The Kier molecular flexibility index (Phi) is 3.29. The van der Waals surface area contributed by atoms with Gasteiger partial charge in [0.1, 0.15) is 0 Å². The molecular formula is C14H23N3. The largest absolute Gasteiger partial charge is 0.397 e. The van der Waals surface area contributed by atoms with Crippen LogP contribution in [0.4, 0.5) is 11.4 Å². The van der Waals surface area contributed by atoms with Gasteiger partial charge in [-0.2, -0.15) is 0 Å². The zero-order valence-corrected chi connectivity index (χ0v) is 11.0. The second-order valence-electron chi connectivity index (χ2n) is 5.91. The second-order valence-corrected chi connectivity index (χ2v) is 5.91. The lowest BCUT2D eigenvalue weighted by Gasteiger charge is -2.47. The average molecular weight is 233 g/mol. The van der Waals surface area contributed by atoms with E-state index in [0.717, 1.165) is 23.8 Å². The molecule has 0 unspecified atom stereocenters. The number of para-hydroxylation sites is 2. The highest BCUT2D eigenvalue weighted by atomic mass is 15.2. The van der Waals surface area contributed by atoms with Gasteiger partial charge in [-0.3, -0.25) is 4.90 Å². The molecule has 1 heterocycles. The molecular weight excluding hydrogens is 210 g/mol. The smallest absolute Gasteiger partial charge is 0.0574 e. The summed E-state index contributed by atoms with van der Waals surface area (Å²) in [6.45, 7) is 10.2. The Morgan fingerprint density at radius 3 is 2.53 bits per heavy atom. The van der Waals surface area contributed by atoms with Gasteiger partial charge < -0.3 is 11.1 Å². The second kappa shape index (κ2) is 4.57. The van der Waals surface area contributed by atoms with Gasteiger partial charge in [-0.1, -0.05) is 12.1 Å². The zero-order chi connectivity index (χ0) is 12.5. The van der Waals surface area contributed by atoms with Gasteiger partial charge in [0, 0.05) is 31.1 Å². The van der Waals surface area contributed by atoms with Crippen LogP contribution in [0, 0.1) is 5.92 Å². The van der Waals surface area contributed by atoms with E-state index in [9.17, 15) is 0 Å².